The highest BCUT2D eigenvalue weighted by molar-refractivity contribution is 6.17. The Morgan fingerprint density at radius 2 is 1.88 bits per heavy atom. The number of hydrogen-bond donors (Lipinski definition) is 0. The van der Waals surface area contributed by atoms with E-state index in [4.69, 9.17) is 16.3 Å². The first-order valence-corrected chi connectivity index (χ1v) is 6.82. The van der Waals surface area contributed by atoms with Crippen LogP contribution in [-0.4, -0.2) is 12.5 Å². The zero-order valence-electron chi connectivity index (χ0n) is 10.5. The van der Waals surface area contributed by atoms with Gasteiger partial charge >= 0.3 is 0 Å². The molecule has 1 nitrogen and oxygen atoms in total. The van der Waals surface area contributed by atoms with E-state index in [0.717, 1.165) is 36.6 Å². The molecule has 0 bridgehead atoms. The predicted molar refractivity (Wildman–Crippen MR) is 75.8 cm³/mol. The SMILES string of the molecule is CC=Cc1ccccc1OCCCCCCCl. The van der Waals surface area contributed by atoms with Crippen molar-refractivity contribution in [1.29, 1.82) is 0 Å². The topological polar surface area (TPSA) is 9.23 Å². The molecule has 2 heteroatoms. The Morgan fingerprint density at radius 3 is 2.65 bits per heavy atom. The van der Waals surface area contributed by atoms with Crippen LogP contribution in [0.1, 0.15) is 38.2 Å². The van der Waals surface area contributed by atoms with Crippen LogP contribution >= 0.6 is 11.6 Å². The summed E-state index contributed by atoms with van der Waals surface area (Å²) in [5.41, 5.74) is 1.15. The molecular formula is C15H21ClO. The third-order valence-corrected chi connectivity index (χ3v) is 2.82. The van der Waals surface area contributed by atoms with Gasteiger partial charge in [0.15, 0.2) is 0 Å². The van der Waals surface area contributed by atoms with Crippen LogP contribution in [0.15, 0.2) is 30.3 Å². The second kappa shape index (κ2) is 9.12. The van der Waals surface area contributed by atoms with Crippen LogP contribution in [0.5, 0.6) is 5.75 Å². The molecule has 0 N–H and O–H groups in total. The van der Waals surface area contributed by atoms with Crippen LogP contribution in [0, 0.1) is 0 Å². The van der Waals surface area contributed by atoms with Crippen LogP contribution in [0.3, 0.4) is 0 Å². The maximum absolute atomic E-state index is 5.79. The van der Waals surface area contributed by atoms with Crippen molar-refractivity contribution in [2.24, 2.45) is 0 Å². The zero-order valence-corrected chi connectivity index (χ0v) is 11.2. The Kier molecular flexibility index (Phi) is 7.57. The van der Waals surface area contributed by atoms with Gasteiger partial charge in [-0.25, -0.2) is 0 Å². The molecule has 0 amide bonds. The van der Waals surface area contributed by atoms with Crippen LogP contribution in [0.2, 0.25) is 0 Å². The molecule has 0 unspecified atom stereocenters. The third-order valence-electron chi connectivity index (χ3n) is 2.55. The fourth-order valence-electron chi connectivity index (χ4n) is 1.66. The van der Waals surface area contributed by atoms with E-state index in [-0.39, 0.29) is 0 Å². The summed E-state index contributed by atoms with van der Waals surface area (Å²) in [4.78, 5) is 0. The van der Waals surface area contributed by atoms with Gasteiger partial charge in [0.1, 0.15) is 5.75 Å². The molecule has 0 heterocycles. The predicted octanol–water partition coefficient (Wildman–Crippen LogP) is 4.90. The average Bonchev–Trinajstić information content (AvgIpc) is 2.36. The second-order valence-electron chi connectivity index (χ2n) is 3.99. The fraction of sp³-hybridized carbons (Fsp3) is 0.467. The lowest BCUT2D eigenvalue weighted by Crippen LogP contribution is -1.98. The molecule has 1 aromatic rings. The summed E-state index contributed by atoms with van der Waals surface area (Å²) in [5.74, 6) is 1.74. The smallest absolute Gasteiger partial charge is 0.126 e. The number of para-hydroxylation sites is 1. The first-order valence-electron chi connectivity index (χ1n) is 6.29. The van der Waals surface area contributed by atoms with Gasteiger partial charge in [-0.15, -0.1) is 11.6 Å². The monoisotopic (exact) mass is 252 g/mol. The van der Waals surface area contributed by atoms with E-state index in [1.54, 1.807) is 0 Å². The molecular weight excluding hydrogens is 232 g/mol. The molecule has 0 aromatic heterocycles. The number of halogens is 1. The fourth-order valence-corrected chi connectivity index (χ4v) is 1.85. The van der Waals surface area contributed by atoms with Crippen molar-refractivity contribution >= 4 is 17.7 Å². The van der Waals surface area contributed by atoms with Gasteiger partial charge < -0.3 is 4.74 Å². The molecule has 0 aliphatic heterocycles. The first kappa shape index (κ1) is 14.1. The number of rotatable bonds is 8. The largest absolute Gasteiger partial charge is 0.493 e. The summed E-state index contributed by atoms with van der Waals surface area (Å²) in [6, 6.07) is 8.13. The highest BCUT2D eigenvalue weighted by Crippen LogP contribution is 2.19. The normalized spacial score (nSPS) is 10.9. The number of allylic oxidation sites excluding steroid dienone is 1. The zero-order chi connectivity index (χ0) is 12.3. The maximum Gasteiger partial charge on any atom is 0.126 e. The molecule has 0 atom stereocenters. The third kappa shape index (κ3) is 5.78. The molecule has 1 aromatic carbocycles. The Labute approximate surface area is 109 Å². The molecule has 1 rings (SSSR count). The molecule has 17 heavy (non-hydrogen) atoms. The van der Waals surface area contributed by atoms with Gasteiger partial charge in [0.2, 0.25) is 0 Å². The van der Waals surface area contributed by atoms with Gasteiger partial charge in [0, 0.05) is 11.4 Å². The van der Waals surface area contributed by atoms with Crippen LogP contribution in [0.4, 0.5) is 0 Å². The molecule has 0 aliphatic rings. The molecule has 0 spiro atoms. The summed E-state index contributed by atoms with van der Waals surface area (Å²) < 4.78 is 5.79. The van der Waals surface area contributed by atoms with E-state index in [2.05, 4.69) is 12.1 Å². The minimum atomic E-state index is 0.769. The Hall–Kier alpha value is -0.950. The minimum Gasteiger partial charge on any atom is -0.493 e. The minimum absolute atomic E-state index is 0.769. The molecule has 0 radical (unpaired) electrons. The van der Waals surface area contributed by atoms with Crippen molar-refractivity contribution in [3.05, 3.63) is 35.9 Å². The van der Waals surface area contributed by atoms with Crippen molar-refractivity contribution in [2.75, 3.05) is 12.5 Å². The number of alkyl halides is 1. The van der Waals surface area contributed by atoms with E-state index in [1.807, 2.05) is 31.2 Å². The lowest BCUT2D eigenvalue weighted by Gasteiger charge is -2.08. The van der Waals surface area contributed by atoms with Gasteiger partial charge in [-0.3, -0.25) is 0 Å². The van der Waals surface area contributed by atoms with Crippen LogP contribution in [-0.2, 0) is 0 Å². The van der Waals surface area contributed by atoms with Gasteiger partial charge in [-0.05, 0) is 25.8 Å². The summed E-state index contributed by atoms with van der Waals surface area (Å²) in [5, 5.41) is 0. The first-order chi connectivity index (χ1) is 8.38. The molecule has 94 valence electrons. The van der Waals surface area contributed by atoms with Crippen molar-refractivity contribution < 1.29 is 4.74 Å². The molecule has 0 saturated heterocycles. The lowest BCUT2D eigenvalue weighted by atomic mass is 10.2. The summed E-state index contributed by atoms with van der Waals surface area (Å²) in [7, 11) is 0. The second-order valence-corrected chi connectivity index (χ2v) is 4.37. The highest BCUT2D eigenvalue weighted by Gasteiger charge is 1.98. The van der Waals surface area contributed by atoms with Gasteiger partial charge in [0.05, 0.1) is 6.61 Å². The number of unbranched alkanes of at least 4 members (excludes halogenated alkanes) is 3. The van der Waals surface area contributed by atoms with E-state index in [1.165, 1.54) is 12.8 Å². The Morgan fingerprint density at radius 1 is 1.12 bits per heavy atom. The molecule has 0 saturated carbocycles. The summed E-state index contributed by atoms with van der Waals surface area (Å²) in [6.45, 7) is 2.81. The van der Waals surface area contributed by atoms with Crippen LogP contribution < -0.4 is 4.74 Å². The van der Waals surface area contributed by atoms with E-state index >= 15 is 0 Å². The summed E-state index contributed by atoms with van der Waals surface area (Å²) >= 11 is 5.63. The maximum atomic E-state index is 5.79. The average molecular weight is 253 g/mol. The highest BCUT2D eigenvalue weighted by atomic mass is 35.5. The summed E-state index contributed by atoms with van der Waals surface area (Å²) in [6.07, 6.45) is 8.70. The Balaban J connectivity index is 2.31. The number of benzene rings is 1. The van der Waals surface area contributed by atoms with E-state index in [0.29, 0.717) is 0 Å². The van der Waals surface area contributed by atoms with Gasteiger partial charge in [-0.2, -0.15) is 0 Å². The Bertz CT molecular complexity index is 333. The van der Waals surface area contributed by atoms with E-state index in [9.17, 15) is 0 Å². The number of ether oxygens (including phenoxy) is 1. The van der Waals surface area contributed by atoms with Crippen molar-refractivity contribution in [3.8, 4) is 5.75 Å². The van der Waals surface area contributed by atoms with Crippen molar-refractivity contribution in [3.63, 3.8) is 0 Å². The molecule has 0 aliphatic carbocycles. The lowest BCUT2D eigenvalue weighted by molar-refractivity contribution is 0.304. The molecule has 0 fully saturated rings. The van der Waals surface area contributed by atoms with Crippen LogP contribution in [0.25, 0.3) is 6.08 Å². The van der Waals surface area contributed by atoms with Gasteiger partial charge in [0.25, 0.3) is 0 Å². The standard InChI is InChI=1S/C15H21ClO/c1-2-9-14-10-5-6-11-15(14)17-13-8-4-3-7-12-16/h2,5-6,9-11H,3-4,7-8,12-13H2,1H3. The van der Waals surface area contributed by atoms with Gasteiger partial charge in [-0.1, -0.05) is 43.2 Å². The van der Waals surface area contributed by atoms with Crippen molar-refractivity contribution in [2.45, 2.75) is 32.6 Å². The van der Waals surface area contributed by atoms with E-state index < -0.39 is 0 Å². The van der Waals surface area contributed by atoms with Crippen molar-refractivity contribution in [1.82, 2.24) is 0 Å². The quantitative estimate of drug-likeness (QED) is 0.472. The number of hydrogen-bond acceptors (Lipinski definition) is 1.